The number of hydrogen-bond acceptors (Lipinski definition) is 2. The van der Waals surface area contributed by atoms with Crippen LogP contribution in [0.5, 0.6) is 0 Å². The molecule has 0 saturated heterocycles. The largest absolute Gasteiger partial charge is 0.481 e. The Balaban J connectivity index is 0.000000218. The highest BCUT2D eigenvalue weighted by Crippen LogP contribution is 1.88. The van der Waals surface area contributed by atoms with Crippen LogP contribution in [0.3, 0.4) is 0 Å². The summed E-state index contributed by atoms with van der Waals surface area (Å²) in [5, 5.41) is 7.42. The van der Waals surface area contributed by atoms with Crippen LogP contribution in [-0.2, 0) is 4.79 Å². The minimum atomic E-state index is -0.833. The van der Waals surface area contributed by atoms with Gasteiger partial charge in [0.05, 0.1) is 0 Å². The molecule has 0 aromatic carbocycles. The van der Waals surface area contributed by atoms with Gasteiger partial charge in [0, 0.05) is 19.3 Å². The Morgan fingerprint density at radius 3 is 2.00 bits per heavy atom. The molecule has 0 aliphatic rings. The van der Waals surface area contributed by atoms with E-state index < -0.39 is 5.97 Å². The summed E-state index contributed by atoms with van der Waals surface area (Å²) >= 11 is 0. The average molecular weight is 153 g/mol. The number of aliphatic carboxylic acids is 1. The maximum atomic E-state index is 9.00. The van der Waals surface area contributed by atoms with E-state index in [1.807, 2.05) is 19.1 Å². The van der Waals surface area contributed by atoms with E-state index in [4.69, 9.17) is 9.90 Å². The molecule has 0 aliphatic heterocycles. The van der Waals surface area contributed by atoms with Crippen molar-refractivity contribution in [3.63, 3.8) is 0 Å². The first-order valence-corrected chi connectivity index (χ1v) is 3.19. The molecule has 0 unspecified atom stereocenters. The van der Waals surface area contributed by atoms with Gasteiger partial charge in [-0.25, -0.2) is 0 Å². The Morgan fingerprint density at radius 1 is 1.45 bits per heavy atom. The second kappa shape index (κ2) is 5.41. The molecular formula is C8H11NO2. The predicted octanol–water partition coefficient (Wildman–Crippen LogP) is 1.48. The molecule has 0 amide bonds. The van der Waals surface area contributed by atoms with Crippen LogP contribution in [-0.4, -0.2) is 16.1 Å². The zero-order chi connectivity index (χ0) is 8.69. The third-order valence-corrected chi connectivity index (χ3v) is 0.847. The van der Waals surface area contributed by atoms with E-state index in [0.29, 0.717) is 0 Å². The first-order chi connectivity index (χ1) is 5.13. The number of hydrogen-bond donors (Lipinski definition) is 1. The normalized spacial score (nSPS) is 7.82. The van der Waals surface area contributed by atoms with Gasteiger partial charge in [0.2, 0.25) is 0 Å². The fourth-order valence-corrected chi connectivity index (χ4v) is 0.426. The molecule has 1 heterocycles. The molecule has 0 aliphatic carbocycles. The van der Waals surface area contributed by atoms with E-state index in [2.05, 4.69) is 4.98 Å². The van der Waals surface area contributed by atoms with Gasteiger partial charge in [-0.3, -0.25) is 9.78 Å². The molecule has 0 spiro atoms. The van der Waals surface area contributed by atoms with Gasteiger partial charge in [-0.2, -0.15) is 0 Å². The Hall–Kier alpha value is -1.38. The minimum Gasteiger partial charge on any atom is -0.481 e. The second-order valence-corrected chi connectivity index (χ2v) is 2.04. The van der Waals surface area contributed by atoms with Crippen LogP contribution in [0.25, 0.3) is 0 Å². The van der Waals surface area contributed by atoms with Crippen LogP contribution in [0, 0.1) is 6.92 Å². The summed E-state index contributed by atoms with van der Waals surface area (Å²) in [6.07, 6.45) is 3.57. The number of rotatable bonds is 0. The highest BCUT2D eigenvalue weighted by Gasteiger charge is 1.72. The van der Waals surface area contributed by atoms with Gasteiger partial charge in [0.1, 0.15) is 0 Å². The van der Waals surface area contributed by atoms with Crippen molar-refractivity contribution in [1.29, 1.82) is 0 Å². The Kier molecular flexibility index (Phi) is 4.73. The minimum absolute atomic E-state index is 0.833. The molecule has 1 aromatic heterocycles. The lowest BCUT2D eigenvalue weighted by Crippen LogP contribution is -1.78. The molecule has 1 N–H and O–H groups in total. The summed E-state index contributed by atoms with van der Waals surface area (Å²) in [6, 6.07) is 3.94. The molecule has 3 nitrogen and oxygen atoms in total. The van der Waals surface area contributed by atoms with Crippen LogP contribution in [0.1, 0.15) is 12.5 Å². The lowest BCUT2D eigenvalue weighted by Gasteiger charge is -1.82. The fourth-order valence-electron chi connectivity index (χ4n) is 0.426. The molecule has 60 valence electrons. The lowest BCUT2D eigenvalue weighted by molar-refractivity contribution is -0.134. The molecular weight excluding hydrogens is 142 g/mol. The van der Waals surface area contributed by atoms with E-state index in [-0.39, 0.29) is 0 Å². The van der Waals surface area contributed by atoms with E-state index >= 15 is 0 Å². The number of carboxylic acids is 1. The van der Waals surface area contributed by atoms with E-state index in [9.17, 15) is 0 Å². The maximum absolute atomic E-state index is 9.00. The third-order valence-electron chi connectivity index (χ3n) is 0.847. The summed E-state index contributed by atoms with van der Waals surface area (Å²) in [7, 11) is 0. The smallest absolute Gasteiger partial charge is 0.300 e. The van der Waals surface area contributed by atoms with Crippen molar-refractivity contribution in [2.75, 3.05) is 0 Å². The number of pyridine rings is 1. The number of carboxylic acid groups (broad SMARTS) is 1. The molecule has 0 atom stereocenters. The van der Waals surface area contributed by atoms with Crippen molar-refractivity contribution in [2.24, 2.45) is 0 Å². The van der Waals surface area contributed by atoms with Crippen LogP contribution in [0.15, 0.2) is 24.5 Å². The van der Waals surface area contributed by atoms with Crippen molar-refractivity contribution < 1.29 is 9.90 Å². The molecule has 0 radical (unpaired) electrons. The zero-order valence-corrected chi connectivity index (χ0v) is 6.61. The van der Waals surface area contributed by atoms with Gasteiger partial charge < -0.3 is 5.11 Å². The standard InChI is InChI=1S/C6H7N.C2H4O2/c1-6-2-4-7-5-3-6;1-2(3)4/h2-5H,1H3;1H3,(H,3,4). The summed E-state index contributed by atoms with van der Waals surface area (Å²) in [6.45, 7) is 3.13. The summed E-state index contributed by atoms with van der Waals surface area (Å²) < 4.78 is 0. The van der Waals surface area contributed by atoms with Gasteiger partial charge in [-0.1, -0.05) is 0 Å². The van der Waals surface area contributed by atoms with Gasteiger partial charge >= 0.3 is 0 Å². The van der Waals surface area contributed by atoms with Crippen molar-refractivity contribution in [3.05, 3.63) is 30.1 Å². The van der Waals surface area contributed by atoms with Gasteiger partial charge in [0.15, 0.2) is 0 Å². The Labute approximate surface area is 65.7 Å². The fraction of sp³-hybridized carbons (Fsp3) is 0.250. The summed E-state index contributed by atoms with van der Waals surface area (Å²) in [5.74, 6) is -0.833. The molecule has 3 heteroatoms. The number of aromatic nitrogens is 1. The van der Waals surface area contributed by atoms with Gasteiger partial charge in [-0.15, -0.1) is 0 Å². The van der Waals surface area contributed by atoms with Crippen molar-refractivity contribution in [1.82, 2.24) is 4.98 Å². The van der Waals surface area contributed by atoms with Crippen molar-refractivity contribution in [3.8, 4) is 0 Å². The second-order valence-electron chi connectivity index (χ2n) is 2.04. The molecule has 0 fully saturated rings. The molecule has 0 bridgehead atoms. The molecule has 11 heavy (non-hydrogen) atoms. The lowest BCUT2D eigenvalue weighted by atomic mass is 10.3. The number of carbonyl (C=O) groups is 1. The quantitative estimate of drug-likeness (QED) is 0.614. The van der Waals surface area contributed by atoms with Crippen LogP contribution in [0.2, 0.25) is 0 Å². The molecule has 1 rings (SSSR count). The Morgan fingerprint density at radius 2 is 1.82 bits per heavy atom. The zero-order valence-electron chi connectivity index (χ0n) is 6.61. The highest BCUT2D eigenvalue weighted by molar-refractivity contribution is 5.62. The average Bonchev–Trinajstić information content (AvgIpc) is 1.87. The van der Waals surface area contributed by atoms with Crippen LogP contribution in [0.4, 0.5) is 0 Å². The number of nitrogens with zero attached hydrogens (tertiary/aromatic N) is 1. The third kappa shape index (κ3) is 8.62. The SMILES string of the molecule is CC(=O)O.Cc1ccncc1. The van der Waals surface area contributed by atoms with E-state index in [1.54, 1.807) is 12.4 Å². The maximum Gasteiger partial charge on any atom is 0.300 e. The topological polar surface area (TPSA) is 50.2 Å². The monoisotopic (exact) mass is 153 g/mol. The van der Waals surface area contributed by atoms with E-state index in [0.717, 1.165) is 6.92 Å². The van der Waals surface area contributed by atoms with E-state index in [1.165, 1.54) is 5.56 Å². The van der Waals surface area contributed by atoms with Crippen LogP contribution < -0.4 is 0 Å². The summed E-state index contributed by atoms with van der Waals surface area (Å²) in [4.78, 5) is 12.8. The molecule has 0 saturated carbocycles. The summed E-state index contributed by atoms with van der Waals surface area (Å²) in [5.41, 5.74) is 1.26. The first kappa shape index (κ1) is 9.62. The number of aryl methyl sites for hydroxylation is 1. The van der Waals surface area contributed by atoms with Crippen LogP contribution >= 0.6 is 0 Å². The molecule has 1 aromatic rings. The van der Waals surface area contributed by atoms with Gasteiger partial charge in [-0.05, 0) is 24.6 Å². The van der Waals surface area contributed by atoms with Crippen molar-refractivity contribution in [2.45, 2.75) is 13.8 Å². The Bertz CT molecular complexity index is 205. The van der Waals surface area contributed by atoms with Crippen molar-refractivity contribution >= 4 is 5.97 Å². The first-order valence-electron chi connectivity index (χ1n) is 3.19. The highest BCUT2D eigenvalue weighted by atomic mass is 16.4. The van der Waals surface area contributed by atoms with Gasteiger partial charge in [0.25, 0.3) is 5.97 Å². The predicted molar refractivity (Wildman–Crippen MR) is 42.3 cm³/mol.